The van der Waals surface area contributed by atoms with E-state index >= 15 is 0 Å². The molecule has 2 heterocycles. The van der Waals surface area contributed by atoms with Crippen molar-refractivity contribution in [1.29, 1.82) is 0 Å². The number of hydrogen-bond donors (Lipinski definition) is 1. The van der Waals surface area contributed by atoms with E-state index in [0.29, 0.717) is 49.1 Å². The van der Waals surface area contributed by atoms with Crippen LogP contribution in [0.25, 0.3) is 11.4 Å². The summed E-state index contributed by atoms with van der Waals surface area (Å²) < 4.78 is 5.32. The van der Waals surface area contributed by atoms with Gasteiger partial charge in [0.1, 0.15) is 0 Å². The predicted octanol–water partition coefficient (Wildman–Crippen LogP) is 4.67. The van der Waals surface area contributed by atoms with Gasteiger partial charge in [-0.15, -0.1) is 0 Å². The molecule has 170 valence electrons. The molecule has 7 heteroatoms. The minimum Gasteiger partial charge on any atom is -0.339 e. The van der Waals surface area contributed by atoms with Gasteiger partial charge in [0.05, 0.1) is 0 Å². The van der Waals surface area contributed by atoms with Crippen molar-refractivity contribution in [3.05, 3.63) is 65.5 Å². The molecule has 0 bridgehead atoms. The summed E-state index contributed by atoms with van der Waals surface area (Å²) in [5.41, 5.74) is 3.53. The topological polar surface area (TPSA) is 88.3 Å². The Labute approximate surface area is 193 Å². The maximum Gasteiger partial charge on any atom is 0.253 e. The summed E-state index contributed by atoms with van der Waals surface area (Å²) in [6.45, 7) is 3.25. The number of aryl methyl sites for hydroxylation is 1. The van der Waals surface area contributed by atoms with E-state index in [4.69, 9.17) is 4.52 Å². The van der Waals surface area contributed by atoms with Crippen LogP contribution in [-0.4, -0.2) is 39.9 Å². The normalized spacial score (nSPS) is 16.6. The smallest absolute Gasteiger partial charge is 0.253 e. The van der Waals surface area contributed by atoms with Gasteiger partial charge in [-0.2, -0.15) is 4.98 Å². The number of benzene rings is 2. The molecule has 2 aliphatic rings. The van der Waals surface area contributed by atoms with Crippen molar-refractivity contribution in [2.75, 3.05) is 18.4 Å². The minimum atomic E-state index is -0.0822. The third kappa shape index (κ3) is 4.82. The van der Waals surface area contributed by atoms with Crippen LogP contribution in [0.2, 0.25) is 0 Å². The number of aromatic nitrogens is 2. The fourth-order valence-corrected chi connectivity index (χ4v) is 4.21. The highest BCUT2D eigenvalue weighted by atomic mass is 16.5. The standard InChI is InChI=1S/C26H28N4O3/c1-2-17-3-11-22(12-4-17)27-24(31)19-13-15-30(16-14-19)26(32)21-9-5-18(6-10-21)23-28-25(33-29-23)20-7-8-20/h3-6,9-12,19-20H,2,7-8,13-16H2,1H3,(H,27,31). The molecule has 1 aliphatic carbocycles. The number of likely N-dealkylation sites (tertiary alicyclic amines) is 1. The van der Waals surface area contributed by atoms with Crippen molar-refractivity contribution in [2.45, 2.75) is 44.9 Å². The summed E-state index contributed by atoms with van der Waals surface area (Å²) in [6, 6.07) is 15.3. The largest absolute Gasteiger partial charge is 0.339 e. The molecule has 1 aliphatic heterocycles. The van der Waals surface area contributed by atoms with Crippen LogP contribution in [0.1, 0.15) is 60.3 Å². The second-order valence-electron chi connectivity index (χ2n) is 8.91. The van der Waals surface area contributed by atoms with Gasteiger partial charge in [0.2, 0.25) is 17.6 Å². The van der Waals surface area contributed by atoms with E-state index in [0.717, 1.165) is 30.5 Å². The van der Waals surface area contributed by atoms with Crippen molar-refractivity contribution >= 4 is 17.5 Å². The summed E-state index contributed by atoms with van der Waals surface area (Å²) in [5, 5.41) is 7.07. The Balaban J connectivity index is 1.14. The molecule has 2 aromatic carbocycles. The van der Waals surface area contributed by atoms with Crippen molar-refractivity contribution in [3.8, 4) is 11.4 Å². The lowest BCUT2D eigenvalue weighted by atomic mass is 9.95. The molecule has 0 unspecified atom stereocenters. The van der Waals surface area contributed by atoms with Crippen molar-refractivity contribution < 1.29 is 14.1 Å². The molecule has 1 aromatic heterocycles. The Kier molecular flexibility index (Phi) is 5.94. The number of anilines is 1. The lowest BCUT2D eigenvalue weighted by Crippen LogP contribution is -2.41. The number of nitrogens with zero attached hydrogens (tertiary/aromatic N) is 3. The van der Waals surface area contributed by atoms with E-state index in [1.165, 1.54) is 5.56 Å². The highest BCUT2D eigenvalue weighted by Gasteiger charge is 2.30. The zero-order chi connectivity index (χ0) is 22.8. The first-order valence-corrected chi connectivity index (χ1v) is 11.7. The Morgan fingerprint density at radius 1 is 1.00 bits per heavy atom. The van der Waals surface area contributed by atoms with Gasteiger partial charge in [-0.05, 0) is 61.9 Å². The van der Waals surface area contributed by atoms with Crippen molar-refractivity contribution in [3.63, 3.8) is 0 Å². The van der Waals surface area contributed by atoms with E-state index < -0.39 is 0 Å². The van der Waals surface area contributed by atoms with Crippen LogP contribution in [0.4, 0.5) is 5.69 Å². The fourth-order valence-electron chi connectivity index (χ4n) is 4.21. The van der Waals surface area contributed by atoms with Crippen LogP contribution in [0.15, 0.2) is 53.1 Å². The number of carbonyl (C=O) groups is 2. The third-order valence-corrected chi connectivity index (χ3v) is 6.54. The molecule has 1 saturated heterocycles. The Hall–Kier alpha value is -3.48. The van der Waals surface area contributed by atoms with Crippen LogP contribution in [0, 0.1) is 5.92 Å². The molecule has 7 nitrogen and oxygen atoms in total. The number of hydrogen-bond acceptors (Lipinski definition) is 5. The van der Waals surface area contributed by atoms with Gasteiger partial charge in [0.25, 0.3) is 5.91 Å². The quantitative estimate of drug-likeness (QED) is 0.597. The van der Waals surface area contributed by atoms with E-state index in [-0.39, 0.29) is 17.7 Å². The van der Waals surface area contributed by atoms with Gasteiger partial charge in [0.15, 0.2) is 0 Å². The van der Waals surface area contributed by atoms with E-state index in [1.54, 1.807) is 0 Å². The van der Waals surface area contributed by atoms with Crippen LogP contribution in [0.3, 0.4) is 0 Å². The molecule has 3 aromatic rings. The first kappa shape index (κ1) is 21.4. The fraction of sp³-hybridized carbons (Fsp3) is 0.385. The summed E-state index contributed by atoms with van der Waals surface area (Å²) in [6.07, 6.45) is 4.52. The van der Waals surface area contributed by atoms with Gasteiger partial charge >= 0.3 is 0 Å². The highest BCUT2D eigenvalue weighted by Crippen LogP contribution is 2.39. The summed E-state index contributed by atoms with van der Waals surface area (Å²) in [5.74, 6) is 1.62. The van der Waals surface area contributed by atoms with E-state index in [2.05, 4.69) is 22.4 Å². The van der Waals surface area contributed by atoms with Crippen LogP contribution >= 0.6 is 0 Å². The highest BCUT2D eigenvalue weighted by molar-refractivity contribution is 5.95. The minimum absolute atomic E-state index is 0.0117. The average Bonchev–Trinajstić information content (AvgIpc) is 3.60. The number of nitrogens with one attached hydrogen (secondary N) is 1. The monoisotopic (exact) mass is 444 g/mol. The predicted molar refractivity (Wildman–Crippen MR) is 125 cm³/mol. The second-order valence-corrected chi connectivity index (χ2v) is 8.91. The van der Waals surface area contributed by atoms with Crippen molar-refractivity contribution in [1.82, 2.24) is 15.0 Å². The summed E-state index contributed by atoms with van der Waals surface area (Å²) >= 11 is 0. The first-order chi connectivity index (χ1) is 16.1. The summed E-state index contributed by atoms with van der Waals surface area (Å²) in [7, 11) is 0. The van der Waals surface area contributed by atoms with Gasteiger partial charge in [-0.1, -0.05) is 36.3 Å². The Morgan fingerprint density at radius 2 is 1.70 bits per heavy atom. The molecule has 5 rings (SSSR count). The van der Waals surface area contributed by atoms with Crippen molar-refractivity contribution in [2.24, 2.45) is 5.92 Å². The number of carbonyl (C=O) groups excluding carboxylic acids is 2. The van der Waals surface area contributed by atoms with Crippen LogP contribution in [0.5, 0.6) is 0 Å². The second kappa shape index (κ2) is 9.17. The molecule has 0 radical (unpaired) electrons. The van der Waals surface area contributed by atoms with Crippen LogP contribution < -0.4 is 5.32 Å². The zero-order valence-corrected chi connectivity index (χ0v) is 18.8. The van der Waals surface area contributed by atoms with E-state index in [1.807, 2.05) is 53.4 Å². The molecule has 0 spiro atoms. The lowest BCUT2D eigenvalue weighted by Gasteiger charge is -2.31. The molecule has 2 fully saturated rings. The zero-order valence-electron chi connectivity index (χ0n) is 18.8. The SMILES string of the molecule is CCc1ccc(NC(=O)C2CCN(C(=O)c3ccc(-c4noc(C5CC5)n4)cc3)CC2)cc1. The van der Waals surface area contributed by atoms with Gasteiger partial charge in [-0.25, -0.2) is 0 Å². The molecular weight excluding hydrogens is 416 g/mol. The maximum absolute atomic E-state index is 13.0. The van der Waals surface area contributed by atoms with Gasteiger partial charge in [-0.3, -0.25) is 9.59 Å². The molecule has 1 N–H and O–H groups in total. The molecule has 33 heavy (non-hydrogen) atoms. The summed E-state index contributed by atoms with van der Waals surface area (Å²) in [4.78, 5) is 31.9. The first-order valence-electron chi connectivity index (χ1n) is 11.7. The molecule has 2 amide bonds. The molecule has 0 atom stereocenters. The van der Waals surface area contributed by atoms with Crippen LogP contribution in [-0.2, 0) is 11.2 Å². The molecule has 1 saturated carbocycles. The van der Waals surface area contributed by atoms with Gasteiger partial charge < -0.3 is 14.7 Å². The Bertz CT molecular complexity index is 1130. The lowest BCUT2D eigenvalue weighted by molar-refractivity contribution is -0.121. The van der Waals surface area contributed by atoms with Gasteiger partial charge in [0, 0.05) is 41.7 Å². The van der Waals surface area contributed by atoms with E-state index in [9.17, 15) is 9.59 Å². The number of piperidine rings is 1. The number of rotatable bonds is 6. The Morgan fingerprint density at radius 3 is 2.33 bits per heavy atom. The number of amides is 2. The average molecular weight is 445 g/mol. The molecular formula is C26H28N4O3. The third-order valence-electron chi connectivity index (χ3n) is 6.54. The maximum atomic E-state index is 13.0.